The second-order valence-electron chi connectivity index (χ2n) is 4.14. The summed E-state index contributed by atoms with van der Waals surface area (Å²) in [5.41, 5.74) is 5.78. The maximum Gasteiger partial charge on any atom is 0.183 e. The number of epoxide rings is 1. The highest BCUT2D eigenvalue weighted by Gasteiger charge is 2.41. The number of rotatable bonds is 4. The van der Waals surface area contributed by atoms with Crippen LogP contribution in [0.15, 0.2) is 0 Å². The predicted molar refractivity (Wildman–Crippen MR) is 58.7 cm³/mol. The quantitative estimate of drug-likeness (QED) is 0.554. The molecule has 0 aromatic heterocycles. The summed E-state index contributed by atoms with van der Waals surface area (Å²) in [5.74, 6) is 0.823. The molecule has 0 radical (unpaired) electrons. The minimum atomic E-state index is -0.616. The summed E-state index contributed by atoms with van der Waals surface area (Å²) in [6.07, 6.45) is -0.747. The van der Waals surface area contributed by atoms with E-state index in [-0.39, 0.29) is 16.9 Å². The molecule has 3 nitrogen and oxygen atoms in total. The van der Waals surface area contributed by atoms with Crippen molar-refractivity contribution in [1.82, 2.24) is 0 Å². The number of ether oxygens (including phenoxy) is 1. The van der Waals surface area contributed by atoms with Gasteiger partial charge in [0.25, 0.3) is 0 Å². The van der Waals surface area contributed by atoms with Crippen molar-refractivity contribution in [1.29, 1.82) is 0 Å². The maximum absolute atomic E-state index is 8.94. The van der Waals surface area contributed by atoms with Crippen molar-refractivity contribution >= 4 is 21.6 Å². The fourth-order valence-corrected chi connectivity index (χ4v) is 3.32. The molecule has 0 aromatic carbocycles. The third-order valence-corrected chi connectivity index (χ3v) is 4.89. The SMILES string of the molecule is CC(C)(C)SSC[C@H](N)C1OC1O. The molecule has 1 heterocycles. The van der Waals surface area contributed by atoms with E-state index in [1.54, 1.807) is 10.8 Å². The topological polar surface area (TPSA) is 58.8 Å². The van der Waals surface area contributed by atoms with E-state index in [9.17, 15) is 0 Å². The predicted octanol–water partition coefficient (Wildman–Crippen LogP) is 1.21. The molecule has 78 valence electrons. The maximum atomic E-state index is 8.94. The molecular formula is C8H17NO2S2. The van der Waals surface area contributed by atoms with E-state index in [4.69, 9.17) is 15.6 Å². The van der Waals surface area contributed by atoms with Crippen molar-refractivity contribution in [3.63, 3.8) is 0 Å². The van der Waals surface area contributed by atoms with Gasteiger partial charge in [0.1, 0.15) is 6.10 Å². The van der Waals surface area contributed by atoms with Gasteiger partial charge in [0.05, 0.1) is 0 Å². The molecule has 5 heteroatoms. The standard InChI is InChI=1S/C8H17NO2S2/c1-8(2,3)13-12-4-5(9)6-7(10)11-6/h5-7,10H,4,9H2,1-3H3/t5-,6?,7?/m0/s1. The smallest absolute Gasteiger partial charge is 0.183 e. The monoisotopic (exact) mass is 223 g/mol. The molecule has 1 rings (SSSR count). The second kappa shape index (κ2) is 4.40. The summed E-state index contributed by atoms with van der Waals surface area (Å²) in [4.78, 5) is 0. The van der Waals surface area contributed by atoms with E-state index >= 15 is 0 Å². The van der Waals surface area contributed by atoms with Crippen molar-refractivity contribution in [3.05, 3.63) is 0 Å². The highest BCUT2D eigenvalue weighted by Crippen LogP contribution is 2.36. The van der Waals surface area contributed by atoms with Crippen LogP contribution in [0.2, 0.25) is 0 Å². The van der Waals surface area contributed by atoms with Gasteiger partial charge in [0.15, 0.2) is 6.29 Å². The Balaban J connectivity index is 2.06. The fourth-order valence-electron chi connectivity index (χ4n) is 0.812. The van der Waals surface area contributed by atoms with Crippen molar-refractivity contribution in [3.8, 4) is 0 Å². The van der Waals surface area contributed by atoms with Crippen LogP contribution < -0.4 is 5.73 Å². The van der Waals surface area contributed by atoms with Gasteiger partial charge >= 0.3 is 0 Å². The Morgan fingerprint density at radius 2 is 2.08 bits per heavy atom. The highest BCUT2D eigenvalue weighted by molar-refractivity contribution is 8.77. The third-order valence-electron chi connectivity index (χ3n) is 1.49. The number of hydrogen-bond acceptors (Lipinski definition) is 5. The van der Waals surface area contributed by atoms with Crippen LogP contribution in [0.3, 0.4) is 0 Å². The molecular weight excluding hydrogens is 206 g/mol. The Hall–Kier alpha value is 0.580. The van der Waals surface area contributed by atoms with E-state index in [1.807, 2.05) is 10.8 Å². The molecule has 0 amide bonds. The molecule has 0 aliphatic carbocycles. The number of aliphatic hydroxyl groups excluding tert-OH is 1. The van der Waals surface area contributed by atoms with Crippen molar-refractivity contribution in [2.45, 2.75) is 44.0 Å². The van der Waals surface area contributed by atoms with Crippen molar-refractivity contribution in [2.24, 2.45) is 5.73 Å². The molecule has 2 unspecified atom stereocenters. The van der Waals surface area contributed by atoms with Gasteiger partial charge in [-0.25, -0.2) is 0 Å². The average Bonchev–Trinajstić information content (AvgIpc) is 2.63. The molecule has 0 aromatic rings. The first kappa shape index (κ1) is 11.7. The average molecular weight is 223 g/mol. The van der Waals surface area contributed by atoms with Gasteiger partial charge in [-0.3, -0.25) is 0 Å². The summed E-state index contributed by atoms with van der Waals surface area (Å²) in [7, 11) is 3.55. The lowest BCUT2D eigenvalue weighted by atomic mass is 10.3. The van der Waals surface area contributed by atoms with Crippen LogP contribution >= 0.6 is 21.6 Å². The van der Waals surface area contributed by atoms with E-state index in [0.29, 0.717) is 0 Å². The number of hydrogen-bond donors (Lipinski definition) is 2. The van der Waals surface area contributed by atoms with Crippen LogP contribution in [0.4, 0.5) is 0 Å². The zero-order chi connectivity index (χ0) is 10.1. The minimum Gasteiger partial charge on any atom is -0.366 e. The van der Waals surface area contributed by atoms with E-state index < -0.39 is 6.29 Å². The Morgan fingerprint density at radius 1 is 1.54 bits per heavy atom. The van der Waals surface area contributed by atoms with Gasteiger partial charge in [-0.15, -0.1) is 0 Å². The van der Waals surface area contributed by atoms with Gasteiger partial charge in [-0.2, -0.15) is 0 Å². The second-order valence-corrected chi connectivity index (χ2v) is 7.30. The third kappa shape index (κ3) is 4.56. The molecule has 1 saturated heterocycles. The Bertz CT molecular complexity index is 172. The first-order valence-corrected chi connectivity index (χ1v) is 6.62. The zero-order valence-corrected chi connectivity index (χ0v) is 9.82. The lowest BCUT2D eigenvalue weighted by Gasteiger charge is -2.17. The van der Waals surface area contributed by atoms with Crippen molar-refractivity contribution < 1.29 is 9.84 Å². The van der Waals surface area contributed by atoms with Gasteiger partial charge in [-0.05, 0) is 0 Å². The van der Waals surface area contributed by atoms with Crippen molar-refractivity contribution in [2.75, 3.05) is 5.75 Å². The molecule has 13 heavy (non-hydrogen) atoms. The summed E-state index contributed by atoms with van der Waals surface area (Å²) in [6, 6.07) is -0.0464. The molecule has 3 atom stereocenters. The first-order valence-electron chi connectivity index (χ1n) is 4.30. The molecule has 1 fully saturated rings. The van der Waals surface area contributed by atoms with Gasteiger partial charge in [0.2, 0.25) is 0 Å². The van der Waals surface area contributed by atoms with Gasteiger partial charge in [-0.1, -0.05) is 42.4 Å². The zero-order valence-electron chi connectivity index (χ0n) is 8.19. The molecule has 1 aliphatic heterocycles. The Labute approximate surface area is 87.2 Å². The molecule has 0 spiro atoms. The lowest BCUT2D eigenvalue weighted by molar-refractivity contribution is 0.156. The molecule has 3 N–H and O–H groups in total. The van der Waals surface area contributed by atoms with E-state index in [0.717, 1.165) is 5.75 Å². The fraction of sp³-hybridized carbons (Fsp3) is 1.00. The summed E-state index contributed by atoms with van der Waals surface area (Å²) in [6.45, 7) is 6.50. The largest absolute Gasteiger partial charge is 0.366 e. The summed E-state index contributed by atoms with van der Waals surface area (Å²) < 4.78 is 5.13. The van der Waals surface area contributed by atoms with E-state index in [1.165, 1.54) is 0 Å². The number of nitrogens with two attached hydrogens (primary N) is 1. The normalized spacial score (nSPS) is 30.2. The Kier molecular flexibility index (Phi) is 3.94. The van der Waals surface area contributed by atoms with Gasteiger partial charge in [0, 0.05) is 16.5 Å². The van der Waals surface area contributed by atoms with E-state index in [2.05, 4.69) is 20.8 Å². The van der Waals surface area contributed by atoms with Crippen LogP contribution in [0.5, 0.6) is 0 Å². The molecule has 1 aliphatic rings. The van der Waals surface area contributed by atoms with Crippen LogP contribution in [0, 0.1) is 0 Å². The number of aliphatic hydroxyl groups is 1. The minimum absolute atomic E-state index is 0.0464. The van der Waals surface area contributed by atoms with Crippen LogP contribution in [-0.4, -0.2) is 34.0 Å². The van der Waals surface area contributed by atoms with Crippen LogP contribution in [0.25, 0.3) is 0 Å². The lowest BCUT2D eigenvalue weighted by Crippen LogP contribution is -2.30. The summed E-state index contributed by atoms with van der Waals surface area (Å²) >= 11 is 0. The van der Waals surface area contributed by atoms with Crippen LogP contribution in [-0.2, 0) is 4.74 Å². The molecule has 0 bridgehead atoms. The first-order chi connectivity index (χ1) is 5.90. The summed E-state index contributed by atoms with van der Waals surface area (Å²) in [5, 5.41) is 8.94. The Morgan fingerprint density at radius 3 is 2.46 bits per heavy atom. The molecule has 0 saturated carbocycles. The van der Waals surface area contributed by atoms with Gasteiger partial charge < -0.3 is 15.6 Å². The highest BCUT2D eigenvalue weighted by atomic mass is 33.1. The van der Waals surface area contributed by atoms with Crippen LogP contribution in [0.1, 0.15) is 20.8 Å².